The van der Waals surface area contributed by atoms with Gasteiger partial charge in [-0.3, -0.25) is 9.80 Å². The molecule has 0 N–H and O–H groups in total. The summed E-state index contributed by atoms with van der Waals surface area (Å²) in [6, 6.07) is 17.0. The molecule has 0 aliphatic carbocycles. The second-order valence-corrected chi connectivity index (χ2v) is 12.0. The minimum atomic E-state index is -3.16. The Balaban J connectivity index is 1.41. The molecule has 0 spiro atoms. The molecule has 0 unspecified atom stereocenters. The van der Waals surface area contributed by atoms with Gasteiger partial charge in [0, 0.05) is 51.4 Å². The predicted octanol–water partition coefficient (Wildman–Crippen LogP) is 3.62. The van der Waals surface area contributed by atoms with Crippen molar-refractivity contribution in [1.29, 1.82) is 0 Å². The van der Waals surface area contributed by atoms with Gasteiger partial charge in [-0.1, -0.05) is 42.5 Å². The SMILES string of the molecule is COC(=O)c1ccc(CN2C[C@@H](C)N(Cc3ccccc3C3=CCN(S(C)(=O)=O)CC3)[C@@H](C)C2)cc1. The van der Waals surface area contributed by atoms with Gasteiger partial charge in [0.25, 0.3) is 0 Å². The van der Waals surface area contributed by atoms with Crippen LogP contribution in [0.15, 0.2) is 54.6 Å². The molecule has 2 aliphatic heterocycles. The van der Waals surface area contributed by atoms with E-state index in [2.05, 4.69) is 54.0 Å². The Kier molecular flexibility index (Phi) is 8.30. The molecule has 1 saturated heterocycles. The summed E-state index contributed by atoms with van der Waals surface area (Å²) in [7, 11) is -1.76. The number of hydrogen-bond donors (Lipinski definition) is 0. The molecule has 4 rings (SSSR count). The van der Waals surface area contributed by atoms with Crippen molar-refractivity contribution in [1.82, 2.24) is 14.1 Å². The van der Waals surface area contributed by atoms with Crippen LogP contribution in [0.5, 0.6) is 0 Å². The van der Waals surface area contributed by atoms with Crippen LogP contribution in [0.3, 0.4) is 0 Å². The molecule has 2 aromatic rings. The molecule has 8 heteroatoms. The summed E-state index contributed by atoms with van der Waals surface area (Å²) in [6.45, 7) is 9.21. The van der Waals surface area contributed by atoms with Crippen molar-refractivity contribution in [2.24, 2.45) is 0 Å². The highest BCUT2D eigenvalue weighted by molar-refractivity contribution is 7.88. The van der Waals surface area contributed by atoms with Gasteiger partial charge in [0.2, 0.25) is 10.0 Å². The quantitative estimate of drug-likeness (QED) is 0.529. The number of ether oxygens (including phenoxy) is 1. The Morgan fingerprint density at radius 3 is 2.25 bits per heavy atom. The summed E-state index contributed by atoms with van der Waals surface area (Å²) in [5.74, 6) is -0.311. The van der Waals surface area contributed by atoms with Gasteiger partial charge in [-0.15, -0.1) is 0 Å². The average molecular weight is 512 g/mol. The number of hydrogen-bond acceptors (Lipinski definition) is 6. The van der Waals surface area contributed by atoms with Gasteiger partial charge in [-0.25, -0.2) is 13.2 Å². The largest absolute Gasteiger partial charge is 0.465 e. The van der Waals surface area contributed by atoms with Gasteiger partial charge < -0.3 is 4.74 Å². The van der Waals surface area contributed by atoms with E-state index < -0.39 is 10.0 Å². The van der Waals surface area contributed by atoms with Crippen LogP contribution in [0.2, 0.25) is 0 Å². The van der Waals surface area contributed by atoms with Gasteiger partial charge in [0.15, 0.2) is 0 Å². The molecule has 1 fully saturated rings. The number of sulfonamides is 1. The van der Waals surface area contributed by atoms with Crippen molar-refractivity contribution < 1.29 is 17.9 Å². The molecule has 2 aromatic carbocycles. The lowest BCUT2D eigenvalue weighted by Gasteiger charge is -2.45. The Morgan fingerprint density at radius 1 is 1.00 bits per heavy atom. The number of nitrogens with zero attached hydrogens (tertiary/aromatic N) is 3. The molecule has 36 heavy (non-hydrogen) atoms. The molecule has 7 nitrogen and oxygen atoms in total. The smallest absolute Gasteiger partial charge is 0.337 e. The normalized spacial score (nSPS) is 22.3. The Labute approximate surface area is 215 Å². The second-order valence-electron chi connectivity index (χ2n) is 10.0. The van der Waals surface area contributed by atoms with Crippen molar-refractivity contribution in [3.05, 3.63) is 76.9 Å². The minimum Gasteiger partial charge on any atom is -0.465 e. The van der Waals surface area contributed by atoms with E-state index in [4.69, 9.17) is 4.74 Å². The van der Waals surface area contributed by atoms with Gasteiger partial charge in [0.05, 0.1) is 18.9 Å². The van der Waals surface area contributed by atoms with Crippen molar-refractivity contribution in [2.75, 3.05) is 39.5 Å². The Hall–Kier alpha value is -2.52. The molecule has 0 bridgehead atoms. The predicted molar refractivity (Wildman–Crippen MR) is 143 cm³/mol. The number of carbonyl (C=O) groups excluding carboxylic acids is 1. The zero-order chi connectivity index (χ0) is 25.9. The van der Waals surface area contributed by atoms with E-state index in [9.17, 15) is 13.2 Å². The zero-order valence-electron chi connectivity index (χ0n) is 21.7. The maximum Gasteiger partial charge on any atom is 0.337 e. The maximum absolute atomic E-state index is 11.9. The first kappa shape index (κ1) is 26.5. The lowest BCUT2D eigenvalue weighted by atomic mass is 9.94. The Bertz CT molecular complexity index is 1200. The number of piperazine rings is 1. The van der Waals surface area contributed by atoms with Crippen molar-refractivity contribution in [2.45, 2.75) is 45.4 Å². The highest BCUT2D eigenvalue weighted by Crippen LogP contribution is 2.29. The highest BCUT2D eigenvalue weighted by Gasteiger charge is 2.30. The van der Waals surface area contributed by atoms with Crippen molar-refractivity contribution >= 4 is 21.6 Å². The van der Waals surface area contributed by atoms with E-state index in [1.165, 1.54) is 39.9 Å². The minimum absolute atomic E-state index is 0.311. The number of carbonyl (C=O) groups is 1. The van der Waals surface area contributed by atoms with Crippen LogP contribution >= 0.6 is 0 Å². The number of benzene rings is 2. The van der Waals surface area contributed by atoms with E-state index in [0.29, 0.717) is 30.7 Å². The standard InChI is InChI=1S/C28H37N3O4S/c1-21-17-29(19-23-9-11-25(12-10-23)28(32)35-3)18-22(2)31(21)20-26-7-5-6-8-27(26)24-13-15-30(16-14-24)36(4,33)34/h5-13,21-22H,14-20H2,1-4H3/t21-,22+. The fraction of sp³-hybridized carbons (Fsp3) is 0.464. The number of rotatable bonds is 7. The van der Waals surface area contributed by atoms with E-state index in [1.807, 2.05) is 24.3 Å². The lowest BCUT2D eigenvalue weighted by Crippen LogP contribution is -2.55. The van der Waals surface area contributed by atoms with Crippen LogP contribution in [0.25, 0.3) is 5.57 Å². The summed E-state index contributed by atoms with van der Waals surface area (Å²) >= 11 is 0. The summed E-state index contributed by atoms with van der Waals surface area (Å²) in [5.41, 5.74) is 5.52. The molecule has 2 heterocycles. The van der Waals surface area contributed by atoms with Crippen LogP contribution in [0.4, 0.5) is 0 Å². The van der Waals surface area contributed by atoms with Crippen LogP contribution in [0.1, 0.15) is 47.3 Å². The molecular weight excluding hydrogens is 474 g/mol. The third-order valence-corrected chi connectivity index (χ3v) is 8.59. The van der Waals surface area contributed by atoms with Crippen molar-refractivity contribution in [3.63, 3.8) is 0 Å². The average Bonchev–Trinajstić information content (AvgIpc) is 2.86. The van der Waals surface area contributed by atoms with E-state index in [1.54, 1.807) is 0 Å². The van der Waals surface area contributed by atoms with Crippen LogP contribution in [0, 0.1) is 0 Å². The molecule has 0 amide bonds. The van der Waals surface area contributed by atoms with E-state index in [0.717, 1.165) is 32.6 Å². The molecule has 194 valence electrons. The summed E-state index contributed by atoms with van der Waals surface area (Å²) < 4.78 is 30.1. The monoisotopic (exact) mass is 511 g/mol. The number of methoxy groups -OCH3 is 1. The fourth-order valence-corrected chi connectivity index (χ4v) is 6.16. The summed E-state index contributed by atoms with van der Waals surface area (Å²) in [4.78, 5) is 16.7. The topological polar surface area (TPSA) is 70.2 Å². The zero-order valence-corrected chi connectivity index (χ0v) is 22.5. The lowest BCUT2D eigenvalue weighted by molar-refractivity contribution is 0.0290. The first-order valence-corrected chi connectivity index (χ1v) is 14.4. The first-order valence-electron chi connectivity index (χ1n) is 12.5. The molecule has 2 atom stereocenters. The highest BCUT2D eigenvalue weighted by atomic mass is 32.2. The van der Waals surface area contributed by atoms with E-state index >= 15 is 0 Å². The number of esters is 1. The van der Waals surface area contributed by atoms with Gasteiger partial charge in [-0.05, 0) is 54.7 Å². The van der Waals surface area contributed by atoms with Gasteiger partial charge in [0.1, 0.15) is 0 Å². The third kappa shape index (κ3) is 6.24. The van der Waals surface area contributed by atoms with Crippen LogP contribution < -0.4 is 0 Å². The van der Waals surface area contributed by atoms with Crippen molar-refractivity contribution in [3.8, 4) is 0 Å². The summed E-state index contributed by atoms with van der Waals surface area (Å²) in [6.07, 6.45) is 4.08. The van der Waals surface area contributed by atoms with Crippen LogP contribution in [-0.4, -0.2) is 80.1 Å². The van der Waals surface area contributed by atoms with Gasteiger partial charge in [-0.2, -0.15) is 4.31 Å². The Morgan fingerprint density at radius 2 is 1.67 bits per heavy atom. The molecule has 0 saturated carbocycles. The van der Waals surface area contributed by atoms with Crippen LogP contribution in [-0.2, 0) is 27.8 Å². The van der Waals surface area contributed by atoms with E-state index in [-0.39, 0.29) is 5.97 Å². The van der Waals surface area contributed by atoms with Gasteiger partial charge >= 0.3 is 5.97 Å². The molecule has 0 aromatic heterocycles. The molecule has 0 radical (unpaired) electrons. The molecule has 2 aliphatic rings. The maximum atomic E-state index is 11.9. The fourth-order valence-electron chi connectivity index (χ4n) is 5.39. The first-order chi connectivity index (χ1) is 17.2. The summed E-state index contributed by atoms with van der Waals surface area (Å²) in [5, 5.41) is 0. The second kappa shape index (κ2) is 11.3. The molecular formula is C28H37N3O4S. The third-order valence-electron chi connectivity index (χ3n) is 7.32.